The molecule has 130 valence electrons. The molecule has 3 heterocycles. The van der Waals surface area contributed by atoms with Crippen molar-refractivity contribution in [2.24, 2.45) is 0 Å². The van der Waals surface area contributed by atoms with Gasteiger partial charge in [-0.15, -0.1) is 0 Å². The topological polar surface area (TPSA) is 51.9 Å². The van der Waals surface area contributed by atoms with Gasteiger partial charge >= 0.3 is 0 Å². The highest BCUT2D eigenvalue weighted by molar-refractivity contribution is 5.68. The molecule has 0 spiro atoms. The van der Waals surface area contributed by atoms with E-state index in [9.17, 15) is 0 Å². The van der Waals surface area contributed by atoms with E-state index in [1.54, 1.807) is 6.20 Å². The zero-order valence-electron chi connectivity index (χ0n) is 14.6. The Bertz CT molecular complexity index is 851. The van der Waals surface area contributed by atoms with Crippen molar-refractivity contribution < 1.29 is 9.47 Å². The minimum absolute atomic E-state index is 0.0617. The van der Waals surface area contributed by atoms with Crippen LogP contribution < -0.4 is 9.64 Å². The van der Waals surface area contributed by atoms with Gasteiger partial charge in [0.1, 0.15) is 0 Å². The first kappa shape index (κ1) is 15.9. The molecule has 4 rings (SSSR count). The molecule has 0 saturated carbocycles. The van der Waals surface area contributed by atoms with Gasteiger partial charge < -0.3 is 14.4 Å². The van der Waals surface area contributed by atoms with Crippen molar-refractivity contribution in [3.8, 4) is 17.1 Å². The molecule has 1 saturated heterocycles. The Hall–Kier alpha value is -2.60. The summed E-state index contributed by atoms with van der Waals surface area (Å²) >= 11 is 0. The molecule has 6 heteroatoms. The summed E-state index contributed by atoms with van der Waals surface area (Å²) in [5.41, 5.74) is 4.11. The smallest absolute Gasteiger partial charge is 0.258 e. The maximum Gasteiger partial charge on any atom is 0.258 e. The number of rotatable bonds is 4. The van der Waals surface area contributed by atoms with Crippen LogP contribution >= 0.6 is 0 Å². The minimum atomic E-state index is 0.0617. The molecule has 0 N–H and O–H groups in total. The number of anilines is 1. The lowest BCUT2D eigenvalue weighted by atomic mass is 10.1. The Labute approximate surface area is 147 Å². The maximum atomic E-state index is 5.76. The molecule has 3 aromatic rings. The number of imidazole rings is 1. The molecule has 1 aliphatic heterocycles. The molecular weight excluding hydrogens is 316 g/mol. The molecular formula is C19H22N4O2. The van der Waals surface area contributed by atoms with Gasteiger partial charge in [0.2, 0.25) is 5.65 Å². The Morgan fingerprint density at radius 2 is 1.84 bits per heavy atom. The lowest BCUT2D eigenvalue weighted by Crippen LogP contribution is -2.36. The Balaban J connectivity index is 1.65. The standard InChI is InChI=1S/C19H22N4O2/c1-14(2)25-19-18-21-13-17(23(18)8-7-20-19)15-3-5-16(6-4-15)22-9-11-24-12-10-22/h3-8,13-14H,9-12H2,1-2H3. The summed E-state index contributed by atoms with van der Waals surface area (Å²) in [5.74, 6) is 0.564. The Morgan fingerprint density at radius 3 is 2.56 bits per heavy atom. The van der Waals surface area contributed by atoms with Gasteiger partial charge in [-0.1, -0.05) is 12.1 Å². The van der Waals surface area contributed by atoms with Crippen molar-refractivity contribution in [3.05, 3.63) is 42.9 Å². The highest BCUT2D eigenvalue weighted by atomic mass is 16.5. The third-order valence-electron chi connectivity index (χ3n) is 4.28. The van der Waals surface area contributed by atoms with Crippen LogP contribution in [0.25, 0.3) is 16.9 Å². The summed E-state index contributed by atoms with van der Waals surface area (Å²) in [7, 11) is 0. The van der Waals surface area contributed by atoms with E-state index in [1.165, 1.54) is 5.69 Å². The lowest BCUT2D eigenvalue weighted by molar-refractivity contribution is 0.122. The summed E-state index contributed by atoms with van der Waals surface area (Å²) < 4.78 is 13.2. The van der Waals surface area contributed by atoms with Crippen molar-refractivity contribution in [2.75, 3.05) is 31.2 Å². The lowest BCUT2D eigenvalue weighted by Gasteiger charge is -2.28. The third-order valence-corrected chi connectivity index (χ3v) is 4.28. The first-order chi connectivity index (χ1) is 12.2. The Kier molecular flexibility index (Phi) is 4.28. The fourth-order valence-electron chi connectivity index (χ4n) is 3.08. The largest absolute Gasteiger partial charge is 0.472 e. The molecule has 0 amide bonds. The van der Waals surface area contributed by atoms with Crippen LogP contribution in [0, 0.1) is 0 Å². The van der Waals surface area contributed by atoms with Gasteiger partial charge in [-0.2, -0.15) is 0 Å². The van der Waals surface area contributed by atoms with E-state index in [0.717, 1.165) is 43.2 Å². The summed E-state index contributed by atoms with van der Waals surface area (Å²) in [4.78, 5) is 11.2. The summed E-state index contributed by atoms with van der Waals surface area (Å²) in [6, 6.07) is 8.59. The first-order valence-corrected chi connectivity index (χ1v) is 8.64. The fraction of sp³-hybridized carbons (Fsp3) is 0.368. The van der Waals surface area contributed by atoms with E-state index >= 15 is 0 Å². The number of morpholine rings is 1. The van der Waals surface area contributed by atoms with Gasteiger partial charge in [0.15, 0.2) is 0 Å². The fourth-order valence-corrected chi connectivity index (χ4v) is 3.08. The predicted octanol–water partition coefficient (Wildman–Crippen LogP) is 3.02. The van der Waals surface area contributed by atoms with E-state index in [2.05, 4.69) is 39.1 Å². The van der Waals surface area contributed by atoms with Crippen LogP contribution in [0.15, 0.2) is 42.9 Å². The minimum Gasteiger partial charge on any atom is -0.472 e. The second-order valence-corrected chi connectivity index (χ2v) is 6.38. The average molecular weight is 338 g/mol. The zero-order valence-corrected chi connectivity index (χ0v) is 14.6. The van der Waals surface area contributed by atoms with E-state index in [-0.39, 0.29) is 6.10 Å². The van der Waals surface area contributed by atoms with Gasteiger partial charge in [0, 0.05) is 36.7 Å². The predicted molar refractivity (Wildman–Crippen MR) is 97.2 cm³/mol. The highest BCUT2D eigenvalue weighted by Crippen LogP contribution is 2.27. The van der Waals surface area contributed by atoms with E-state index in [4.69, 9.17) is 9.47 Å². The van der Waals surface area contributed by atoms with Gasteiger partial charge in [0.25, 0.3) is 5.88 Å². The van der Waals surface area contributed by atoms with Crippen molar-refractivity contribution >= 4 is 11.3 Å². The normalized spacial score (nSPS) is 15.1. The molecule has 6 nitrogen and oxygen atoms in total. The van der Waals surface area contributed by atoms with Crippen LogP contribution in [-0.4, -0.2) is 46.8 Å². The molecule has 0 radical (unpaired) electrons. The number of hydrogen-bond acceptors (Lipinski definition) is 5. The number of hydrogen-bond donors (Lipinski definition) is 0. The van der Waals surface area contributed by atoms with Gasteiger partial charge in [-0.3, -0.25) is 4.40 Å². The van der Waals surface area contributed by atoms with E-state index < -0.39 is 0 Å². The number of aromatic nitrogens is 3. The summed E-state index contributed by atoms with van der Waals surface area (Å²) in [5, 5.41) is 0. The van der Waals surface area contributed by atoms with Crippen molar-refractivity contribution in [1.29, 1.82) is 0 Å². The number of ether oxygens (including phenoxy) is 2. The van der Waals surface area contributed by atoms with Gasteiger partial charge in [-0.25, -0.2) is 9.97 Å². The van der Waals surface area contributed by atoms with Crippen LogP contribution in [0.1, 0.15) is 13.8 Å². The second-order valence-electron chi connectivity index (χ2n) is 6.38. The molecule has 1 aromatic carbocycles. The number of nitrogens with zero attached hydrogens (tertiary/aromatic N) is 4. The first-order valence-electron chi connectivity index (χ1n) is 8.64. The molecule has 2 aromatic heterocycles. The van der Waals surface area contributed by atoms with Crippen molar-refractivity contribution in [1.82, 2.24) is 14.4 Å². The van der Waals surface area contributed by atoms with Gasteiger partial charge in [0.05, 0.1) is 31.2 Å². The molecule has 0 unspecified atom stereocenters. The number of benzene rings is 1. The molecule has 25 heavy (non-hydrogen) atoms. The molecule has 0 atom stereocenters. The zero-order chi connectivity index (χ0) is 17.2. The molecule has 1 fully saturated rings. The average Bonchev–Trinajstić information content (AvgIpc) is 3.07. The molecule has 0 aliphatic carbocycles. The van der Waals surface area contributed by atoms with Crippen LogP contribution in [0.4, 0.5) is 5.69 Å². The van der Waals surface area contributed by atoms with Crippen molar-refractivity contribution in [2.45, 2.75) is 20.0 Å². The van der Waals surface area contributed by atoms with E-state index in [0.29, 0.717) is 5.88 Å². The van der Waals surface area contributed by atoms with Crippen molar-refractivity contribution in [3.63, 3.8) is 0 Å². The maximum absolute atomic E-state index is 5.76. The van der Waals surface area contributed by atoms with Crippen LogP contribution in [0.5, 0.6) is 5.88 Å². The van der Waals surface area contributed by atoms with Crippen LogP contribution in [0.3, 0.4) is 0 Å². The third kappa shape index (κ3) is 3.17. The van der Waals surface area contributed by atoms with E-state index in [1.807, 2.05) is 30.6 Å². The molecule has 0 bridgehead atoms. The number of fused-ring (bicyclic) bond motifs is 1. The summed E-state index contributed by atoms with van der Waals surface area (Å²) in [6.07, 6.45) is 5.60. The highest BCUT2D eigenvalue weighted by Gasteiger charge is 2.14. The van der Waals surface area contributed by atoms with Gasteiger partial charge in [-0.05, 0) is 26.0 Å². The monoisotopic (exact) mass is 338 g/mol. The Morgan fingerprint density at radius 1 is 1.08 bits per heavy atom. The SMILES string of the molecule is CC(C)Oc1nccn2c(-c3ccc(N4CCOCC4)cc3)cnc12. The quantitative estimate of drug-likeness (QED) is 0.732. The van der Waals surface area contributed by atoms with Crippen LogP contribution in [0.2, 0.25) is 0 Å². The van der Waals surface area contributed by atoms with Crippen LogP contribution in [-0.2, 0) is 4.74 Å². The summed E-state index contributed by atoms with van der Waals surface area (Å²) in [6.45, 7) is 7.44. The second kappa shape index (κ2) is 6.72. The molecule has 1 aliphatic rings.